The van der Waals surface area contributed by atoms with E-state index >= 15 is 0 Å². The van der Waals surface area contributed by atoms with Crippen molar-refractivity contribution in [2.75, 3.05) is 0 Å². The van der Waals surface area contributed by atoms with Gasteiger partial charge in [0.05, 0.1) is 6.04 Å². The number of carbonyl (C=O) groups is 2. The zero-order chi connectivity index (χ0) is 25.6. The van der Waals surface area contributed by atoms with Crippen molar-refractivity contribution in [1.29, 1.82) is 0 Å². The molecule has 0 heterocycles. The molecule has 36 heavy (non-hydrogen) atoms. The molecular weight excluding hydrogens is 444 g/mol. The molecule has 0 saturated heterocycles. The highest BCUT2D eigenvalue weighted by Crippen LogP contribution is 2.16. The van der Waals surface area contributed by atoms with Crippen LogP contribution in [0, 0.1) is 0 Å². The van der Waals surface area contributed by atoms with Crippen LogP contribution in [0.4, 0.5) is 0 Å². The summed E-state index contributed by atoms with van der Waals surface area (Å²) in [4.78, 5) is 24.1. The molecule has 4 aromatic rings. The molecule has 0 bridgehead atoms. The zero-order valence-electron chi connectivity index (χ0n) is 20.7. The highest BCUT2D eigenvalue weighted by molar-refractivity contribution is 5.99. The Kier molecular flexibility index (Phi) is 10.2. The van der Waals surface area contributed by atoms with E-state index in [2.05, 4.69) is 17.6 Å². The average Bonchev–Trinajstić information content (AvgIpc) is 2.96. The van der Waals surface area contributed by atoms with Gasteiger partial charge in [-0.2, -0.15) is 0 Å². The minimum Gasteiger partial charge on any atom is -0.345 e. The second-order valence-corrected chi connectivity index (χ2v) is 8.10. The maximum absolute atomic E-state index is 12.1. The van der Waals surface area contributed by atoms with Crippen LogP contribution in [0.1, 0.15) is 58.2 Å². The highest BCUT2D eigenvalue weighted by atomic mass is 16.2. The molecule has 2 amide bonds. The number of rotatable bonds is 7. The molecule has 0 aliphatic heterocycles. The van der Waals surface area contributed by atoms with Gasteiger partial charge in [0.2, 0.25) is 0 Å². The molecule has 4 aromatic carbocycles. The first-order valence-electron chi connectivity index (χ1n) is 12.1. The van der Waals surface area contributed by atoms with Crippen molar-refractivity contribution < 1.29 is 9.59 Å². The Labute approximate surface area is 213 Å². The van der Waals surface area contributed by atoms with E-state index in [0.717, 1.165) is 23.2 Å². The standard InChI is InChI=1S/C16H17NO.C16H15NO/c2*1-2-15(13-9-5-3-6-10-13)17-16(18)14-11-7-4-8-12-14/h3-12,15H,2H2,1H3,(H,17,18);2-12H,1H3,(H,17,18). The Hall–Kier alpha value is -4.44. The second kappa shape index (κ2) is 14.1. The van der Waals surface area contributed by atoms with Gasteiger partial charge in [-0.25, -0.2) is 0 Å². The van der Waals surface area contributed by atoms with Gasteiger partial charge >= 0.3 is 0 Å². The van der Waals surface area contributed by atoms with Crippen LogP contribution >= 0.6 is 0 Å². The minimum atomic E-state index is -0.0902. The summed E-state index contributed by atoms with van der Waals surface area (Å²) >= 11 is 0. The Morgan fingerprint density at radius 1 is 0.639 bits per heavy atom. The first-order chi connectivity index (χ1) is 17.6. The van der Waals surface area contributed by atoms with E-state index in [0.29, 0.717) is 11.1 Å². The molecular formula is C32H32N2O2. The third-order valence-corrected chi connectivity index (χ3v) is 5.61. The van der Waals surface area contributed by atoms with Crippen molar-refractivity contribution in [1.82, 2.24) is 10.6 Å². The van der Waals surface area contributed by atoms with Gasteiger partial charge in [0.1, 0.15) is 0 Å². The van der Waals surface area contributed by atoms with Crippen LogP contribution in [0.25, 0.3) is 5.70 Å². The smallest absolute Gasteiger partial charge is 0.255 e. The molecule has 0 spiro atoms. The molecule has 182 valence electrons. The lowest BCUT2D eigenvalue weighted by Crippen LogP contribution is -2.28. The maximum Gasteiger partial charge on any atom is 0.255 e. The molecule has 0 radical (unpaired) electrons. The van der Waals surface area contributed by atoms with Gasteiger partial charge in [-0.05, 0) is 48.7 Å². The molecule has 1 atom stereocenters. The lowest BCUT2D eigenvalue weighted by molar-refractivity contribution is 0.0934. The first-order valence-corrected chi connectivity index (χ1v) is 12.1. The van der Waals surface area contributed by atoms with Gasteiger partial charge in [0.15, 0.2) is 0 Å². The van der Waals surface area contributed by atoms with Crippen molar-refractivity contribution in [3.8, 4) is 0 Å². The van der Waals surface area contributed by atoms with Crippen LogP contribution in [0.3, 0.4) is 0 Å². The molecule has 4 rings (SSSR count). The van der Waals surface area contributed by atoms with Gasteiger partial charge in [0, 0.05) is 16.8 Å². The lowest BCUT2D eigenvalue weighted by atomic mass is 10.0. The molecule has 2 N–H and O–H groups in total. The van der Waals surface area contributed by atoms with Crippen LogP contribution in [-0.4, -0.2) is 11.8 Å². The molecule has 0 fully saturated rings. The SMILES string of the molecule is CC=C(NC(=O)c1ccccc1)c1ccccc1.CCC(NC(=O)c1ccccc1)c1ccccc1. The maximum atomic E-state index is 12.1. The molecule has 0 aliphatic rings. The largest absolute Gasteiger partial charge is 0.345 e. The number of nitrogens with one attached hydrogen (secondary N) is 2. The predicted octanol–water partition coefficient (Wildman–Crippen LogP) is 7.05. The molecule has 4 nitrogen and oxygen atoms in total. The summed E-state index contributed by atoms with van der Waals surface area (Å²) in [6.45, 7) is 3.98. The van der Waals surface area contributed by atoms with Gasteiger partial charge in [-0.3, -0.25) is 9.59 Å². The first kappa shape index (κ1) is 26.2. The zero-order valence-corrected chi connectivity index (χ0v) is 20.7. The number of carbonyl (C=O) groups excluding carboxylic acids is 2. The summed E-state index contributed by atoms with van der Waals surface area (Å²) < 4.78 is 0. The second-order valence-electron chi connectivity index (χ2n) is 8.10. The molecule has 0 aliphatic carbocycles. The summed E-state index contributed by atoms with van der Waals surface area (Å²) in [5, 5.41) is 5.98. The topological polar surface area (TPSA) is 58.2 Å². The third kappa shape index (κ3) is 7.81. The van der Waals surface area contributed by atoms with E-state index in [-0.39, 0.29) is 17.9 Å². The molecule has 4 heteroatoms. The Balaban J connectivity index is 0.000000201. The van der Waals surface area contributed by atoms with E-state index in [4.69, 9.17) is 0 Å². The number of benzene rings is 4. The van der Waals surface area contributed by atoms with Gasteiger partial charge < -0.3 is 10.6 Å². The summed E-state index contributed by atoms with van der Waals surface area (Å²) in [7, 11) is 0. The Morgan fingerprint density at radius 3 is 1.50 bits per heavy atom. The number of hydrogen-bond donors (Lipinski definition) is 2. The number of allylic oxidation sites excluding steroid dienone is 1. The predicted molar refractivity (Wildman–Crippen MR) is 147 cm³/mol. The number of hydrogen-bond acceptors (Lipinski definition) is 2. The fourth-order valence-corrected chi connectivity index (χ4v) is 3.65. The van der Waals surface area contributed by atoms with Gasteiger partial charge in [-0.1, -0.05) is 110 Å². The average molecular weight is 477 g/mol. The van der Waals surface area contributed by atoms with E-state index in [9.17, 15) is 9.59 Å². The Morgan fingerprint density at radius 2 is 1.06 bits per heavy atom. The van der Waals surface area contributed by atoms with E-state index in [1.165, 1.54) is 0 Å². The van der Waals surface area contributed by atoms with E-state index in [1.54, 1.807) is 12.1 Å². The Bertz CT molecular complexity index is 1240. The highest BCUT2D eigenvalue weighted by Gasteiger charge is 2.13. The van der Waals surface area contributed by atoms with Crippen LogP contribution in [0.5, 0.6) is 0 Å². The summed E-state index contributed by atoms with van der Waals surface area (Å²) in [5.74, 6) is -0.112. The van der Waals surface area contributed by atoms with Crippen LogP contribution in [0.15, 0.2) is 127 Å². The van der Waals surface area contributed by atoms with Gasteiger partial charge in [0.25, 0.3) is 11.8 Å². The van der Waals surface area contributed by atoms with Crippen LogP contribution < -0.4 is 10.6 Å². The van der Waals surface area contributed by atoms with Crippen molar-refractivity contribution in [3.05, 3.63) is 150 Å². The van der Waals surface area contributed by atoms with E-state index < -0.39 is 0 Å². The van der Waals surface area contributed by atoms with Crippen LogP contribution in [-0.2, 0) is 0 Å². The van der Waals surface area contributed by atoms with Crippen LogP contribution in [0.2, 0.25) is 0 Å². The summed E-state index contributed by atoms with van der Waals surface area (Å²) in [6, 6.07) is 38.4. The van der Waals surface area contributed by atoms with Crippen molar-refractivity contribution in [2.45, 2.75) is 26.3 Å². The minimum absolute atomic E-state index is 0.0219. The van der Waals surface area contributed by atoms with Crippen molar-refractivity contribution in [2.24, 2.45) is 0 Å². The molecule has 1 unspecified atom stereocenters. The fourth-order valence-electron chi connectivity index (χ4n) is 3.65. The van der Waals surface area contributed by atoms with Gasteiger partial charge in [-0.15, -0.1) is 0 Å². The number of amides is 2. The fraction of sp³-hybridized carbons (Fsp3) is 0.125. The summed E-state index contributed by atoms with van der Waals surface area (Å²) in [5.41, 5.74) is 4.33. The molecule has 0 aromatic heterocycles. The van der Waals surface area contributed by atoms with Crippen molar-refractivity contribution in [3.63, 3.8) is 0 Å². The molecule has 0 saturated carbocycles. The van der Waals surface area contributed by atoms with E-state index in [1.807, 2.05) is 122 Å². The normalized spacial score (nSPS) is 11.4. The van der Waals surface area contributed by atoms with Crippen molar-refractivity contribution >= 4 is 17.5 Å². The lowest BCUT2D eigenvalue weighted by Gasteiger charge is -2.17. The monoisotopic (exact) mass is 476 g/mol. The quantitative estimate of drug-likeness (QED) is 0.300. The third-order valence-electron chi connectivity index (χ3n) is 5.61. The summed E-state index contributed by atoms with van der Waals surface area (Å²) in [6.07, 6.45) is 2.78.